The van der Waals surface area contributed by atoms with Gasteiger partial charge in [-0.25, -0.2) is 0 Å². The van der Waals surface area contributed by atoms with E-state index in [2.05, 4.69) is 12.2 Å². The van der Waals surface area contributed by atoms with Crippen LogP contribution >= 0.6 is 0 Å². The molecule has 2 atom stereocenters. The third-order valence-electron chi connectivity index (χ3n) is 2.07. The van der Waals surface area contributed by atoms with Crippen molar-refractivity contribution in [1.82, 2.24) is 5.32 Å². The van der Waals surface area contributed by atoms with Crippen LogP contribution in [-0.4, -0.2) is 31.8 Å². The normalized spacial score (nSPS) is 27.3. The lowest BCUT2D eigenvalue weighted by Gasteiger charge is -2.14. The van der Waals surface area contributed by atoms with Gasteiger partial charge in [-0.2, -0.15) is 0 Å². The first-order valence-electron chi connectivity index (χ1n) is 4.38. The maximum atomic E-state index is 5.45. The number of nitrogens with one attached hydrogen (secondary N) is 1. The maximum absolute atomic E-state index is 5.45. The van der Waals surface area contributed by atoms with E-state index in [0.29, 0.717) is 18.7 Å². The molecular weight excluding hydrogens is 140 g/mol. The molecule has 0 spiro atoms. The summed E-state index contributed by atoms with van der Waals surface area (Å²) in [6.45, 7) is 4.68. The average molecular weight is 158 g/mol. The summed E-state index contributed by atoms with van der Waals surface area (Å²) >= 11 is 0. The Hall–Kier alpha value is -0.120. The lowest BCUT2D eigenvalue weighted by molar-refractivity contribution is 0.108. The smallest absolute Gasteiger partial charge is 0.0700 e. The summed E-state index contributed by atoms with van der Waals surface area (Å²) in [4.78, 5) is 0. The molecule has 1 aliphatic rings. The van der Waals surface area contributed by atoms with Gasteiger partial charge in [0.1, 0.15) is 0 Å². The van der Waals surface area contributed by atoms with Crippen molar-refractivity contribution >= 4 is 0 Å². The third-order valence-corrected chi connectivity index (χ3v) is 2.07. The third kappa shape index (κ3) is 3.18. The molecule has 0 aromatic carbocycles. The Morgan fingerprint density at radius 3 is 3.09 bits per heavy atom. The van der Waals surface area contributed by atoms with Crippen molar-refractivity contribution in [3.05, 3.63) is 0 Å². The summed E-state index contributed by atoms with van der Waals surface area (Å²) in [5.74, 6) is 0. The number of rotatable bonds is 4. The first-order valence-corrected chi connectivity index (χ1v) is 4.38. The number of nitrogens with two attached hydrogens (primary N) is 1. The molecule has 0 saturated carbocycles. The SMILES string of the molecule is CC(CN)NC[C@H]1CCCO1. The zero-order valence-corrected chi connectivity index (χ0v) is 7.18. The van der Waals surface area contributed by atoms with Crippen molar-refractivity contribution in [3.63, 3.8) is 0 Å². The monoisotopic (exact) mass is 158 g/mol. The second kappa shape index (κ2) is 4.70. The molecule has 1 rings (SSSR count). The Labute approximate surface area is 68.3 Å². The largest absolute Gasteiger partial charge is 0.377 e. The van der Waals surface area contributed by atoms with Crippen molar-refractivity contribution < 1.29 is 4.74 Å². The number of hydrogen-bond donors (Lipinski definition) is 2. The highest BCUT2D eigenvalue weighted by molar-refractivity contribution is 4.70. The van der Waals surface area contributed by atoms with Crippen molar-refractivity contribution in [2.75, 3.05) is 19.7 Å². The van der Waals surface area contributed by atoms with Crippen LogP contribution in [0.2, 0.25) is 0 Å². The average Bonchev–Trinajstić information content (AvgIpc) is 2.52. The zero-order chi connectivity index (χ0) is 8.10. The zero-order valence-electron chi connectivity index (χ0n) is 7.18. The molecule has 1 unspecified atom stereocenters. The fourth-order valence-corrected chi connectivity index (χ4v) is 1.22. The molecule has 1 heterocycles. The Morgan fingerprint density at radius 1 is 1.73 bits per heavy atom. The molecule has 0 aromatic rings. The van der Waals surface area contributed by atoms with E-state index >= 15 is 0 Å². The maximum Gasteiger partial charge on any atom is 0.0700 e. The first-order chi connectivity index (χ1) is 5.33. The fourth-order valence-electron chi connectivity index (χ4n) is 1.22. The highest BCUT2D eigenvalue weighted by atomic mass is 16.5. The Morgan fingerprint density at radius 2 is 2.55 bits per heavy atom. The molecule has 66 valence electrons. The second-order valence-electron chi connectivity index (χ2n) is 3.18. The van der Waals surface area contributed by atoms with E-state index in [-0.39, 0.29) is 0 Å². The molecule has 1 aliphatic heterocycles. The van der Waals surface area contributed by atoms with Crippen LogP contribution in [0.3, 0.4) is 0 Å². The molecule has 0 aromatic heterocycles. The lowest BCUT2D eigenvalue weighted by atomic mass is 10.2. The van der Waals surface area contributed by atoms with Gasteiger partial charge in [-0.15, -0.1) is 0 Å². The van der Waals surface area contributed by atoms with Crippen molar-refractivity contribution in [2.45, 2.75) is 31.9 Å². The summed E-state index contributed by atoms with van der Waals surface area (Å²) in [5.41, 5.74) is 5.45. The minimum Gasteiger partial charge on any atom is -0.377 e. The molecule has 3 nitrogen and oxygen atoms in total. The Balaban J connectivity index is 2.01. The topological polar surface area (TPSA) is 47.3 Å². The van der Waals surface area contributed by atoms with E-state index in [9.17, 15) is 0 Å². The van der Waals surface area contributed by atoms with Gasteiger partial charge < -0.3 is 15.8 Å². The van der Waals surface area contributed by atoms with E-state index in [1.165, 1.54) is 12.8 Å². The van der Waals surface area contributed by atoms with Gasteiger partial charge in [-0.3, -0.25) is 0 Å². The van der Waals surface area contributed by atoms with E-state index < -0.39 is 0 Å². The van der Waals surface area contributed by atoms with Crippen LogP contribution in [0.5, 0.6) is 0 Å². The quantitative estimate of drug-likeness (QED) is 0.610. The molecule has 3 heteroatoms. The predicted octanol–water partition coefficient (Wildman–Crippen LogP) is 0.102. The summed E-state index contributed by atoms with van der Waals surface area (Å²) < 4.78 is 5.44. The van der Waals surface area contributed by atoms with Gasteiger partial charge in [-0.1, -0.05) is 0 Å². The summed E-state index contributed by atoms with van der Waals surface area (Å²) in [5, 5.41) is 3.32. The van der Waals surface area contributed by atoms with Crippen molar-refractivity contribution in [2.24, 2.45) is 5.73 Å². The molecule has 0 aliphatic carbocycles. The van der Waals surface area contributed by atoms with Gasteiger partial charge >= 0.3 is 0 Å². The van der Waals surface area contributed by atoms with E-state index in [1.54, 1.807) is 0 Å². The van der Waals surface area contributed by atoms with Crippen LogP contribution in [0.1, 0.15) is 19.8 Å². The fraction of sp³-hybridized carbons (Fsp3) is 1.00. The van der Waals surface area contributed by atoms with Crippen LogP contribution in [0.15, 0.2) is 0 Å². The number of hydrogen-bond acceptors (Lipinski definition) is 3. The molecule has 1 fully saturated rings. The molecule has 11 heavy (non-hydrogen) atoms. The highest BCUT2D eigenvalue weighted by Crippen LogP contribution is 2.10. The summed E-state index contributed by atoms with van der Waals surface area (Å²) in [6.07, 6.45) is 2.84. The highest BCUT2D eigenvalue weighted by Gasteiger charge is 2.15. The molecular formula is C8H18N2O. The molecule has 0 bridgehead atoms. The standard InChI is InChI=1S/C8H18N2O/c1-7(5-9)10-6-8-3-2-4-11-8/h7-8,10H,2-6,9H2,1H3/t7?,8-/m1/s1. The minimum atomic E-state index is 0.416. The second-order valence-corrected chi connectivity index (χ2v) is 3.18. The first kappa shape index (κ1) is 8.97. The van der Waals surface area contributed by atoms with Gasteiger partial charge in [0.25, 0.3) is 0 Å². The molecule has 1 saturated heterocycles. The van der Waals surface area contributed by atoms with Crippen LogP contribution < -0.4 is 11.1 Å². The summed E-state index contributed by atoms with van der Waals surface area (Å²) in [6, 6.07) is 0.416. The van der Waals surface area contributed by atoms with Gasteiger partial charge in [0.2, 0.25) is 0 Å². The summed E-state index contributed by atoms with van der Waals surface area (Å²) in [7, 11) is 0. The molecule has 0 amide bonds. The van der Waals surface area contributed by atoms with Crippen LogP contribution in [0, 0.1) is 0 Å². The molecule has 3 N–H and O–H groups in total. The van der Waals surface area contributed by atoms with Crippen LogP contribution in [-0.2, 0) is 4.74 Å². The lowest BCUT2D eigenvalue weighted by Crippen LogP contribution is -2.38. The molecule has 0 radical (unpaired) electrons. The predicted molar refractivity (Wildman–Crippen MR) is 45.5 cm³/mol. The van der Waals surface area contributed by atoms with Crippen LogP contribution in [0.4, 0.5) is 0 Å². The van der Waals surface area contributed by atoms with E-state index in [1.807, 2.05) is 0 Å². The van der Waals surface area contributed by atoms with Gasteiger partial charge in [0, 0.05) is 25.7 Å². The van der Waals surface area contributed by atoms with Gasteiger partial charge in [0.15, 0.2) is 0 Å². The van der Waals surface area contributed by atoms with Crippen molar-refractivity contribution in [3.8, 4) is 0 Å². The van der Waals surface area contributed by atoms with Crippen molar-refractivity contribution in [1.29, 1.82) is 0 Å². The Kier molecular flexibility index (Phi) is 3.83. The minimum absolute atomic E-state index is 0.416. The number of ether oxygens (including phenoxy) is 1. The van der Waals surface area contributed by atoms with E-state index in [0.717, 1.165) is 13.2 Å². The van der Waals surface area contributed by atoms with E-state index in [4.69, 9.17) is 10.5 Å². The van der Waals surface area contributed by atoms with Gasteiger partial charge in [0.05, 0.1) is 6.10 Å². The van der Waals surface area contributed by atoms with Gasteiger partial charge in [-0.05, 0) is 19.8 Å². The van der Waals surface area contributed by atoms with Crippen LogP contribution in [0.25, 0.3) is 0 Å². The Bertz CT molecular complexity index is 102.